The van der Waals surface area contributed by atoms with Crippen molar-refractivity contribution >= 4 is 35.1 Å². The Morgan fingerprint density at radius 1 is 0.833 bits per heavy atom. The Labute approximate surface area is 238 Å². The third-order valence-corrected chi connectivity index (χ3v) is 8.35. The number of allylic oxidation sites excluding steroid dienone is 1. The Balaban J connectivity index is 1.85. The molecule has 42 heavy (non-hydrogen) atoms. The molecule has 3 aliphatic carbocycles. The molecule has 0 spiro atoms. The van der Waals surface area contributed by atoms with Gasteiger partial charge in [0.1, 0.15) is 11.5 Å². The number of benzene rings is 2. The zero-order chi connectivity index (χ0) is 30.7. The summed E-state index contributed by atoms with van der Waals surface area (Å²) < 4.78 is 9.28. The molecule has 0 heterocycles. The van der Waals surface area contributed by atoms with Crippen LogP contribution in [0.4, 0.5) is 0 Å². The maximum atomic E-state index is 14.5. The number of hydrogen-bond acceptors (Lipinski definition) is 12. The molecule has 3 aliphatic rings. The molecule has 5 unspecified atom stereocenters. The van der Waals surface area contributed by atoms with Crippen molar-refractivity contribution in [2.24, 2.45) is 17.3 Å². The number of fused-ring (bicyclic) bond motifs is 4. The van der Waals surface area contributed by atoms with E-state index in [0.717, 1.165) is 26.4 Å². The number of phenols is 2. The van der Waals surface area contributed by atoms with E-state index in [4.69, 9.17) is 0 Å². The van der Waals surface area contributed by atoms with Crippen LogP contribution in [0.5, 0.6) is 11.5 Å². The van der Waals surface area contributed by atoms with E-state index in [1.54, 1.807) is 0 Å². The molecule has 0 radical (unpaired) electrons. The van der Waals surface area contributed by atoms with Gasteiger partial charge >= 0.3 is 11.9 Å². The highest BCUT2D eigenvalue weighted by Gasteiger charge is 2.69. The summed E-state index contributed by atoms with van der Waals surface area (Å²) in [7, 11) is 2.13. The zero-order valence-corrected chi connectivity index (χ0v) is 22.4. The molecule has 5 rings (SSSR count). The van der Waals surface area contributed by atoms with Crippen molar-refractivity contribution in [1.29, 1.82) is 0 Å². The predicted molar refractivity (Wildman–Crippen MR) is 140 cm³/mol. The molecule has 0 aliphatic heterocycles. The van der Waals surface area contributed by atoms with E-state index in [0.29, 0.717) is 0 Å². The fraction of sp³-hybridized carbons (Fsp3) is 0.333. The number of aromatic hydroxyl groups is 2. The number of rotatable bonds is 7. The van der Waals surface area contributed by atoms with Gasteiger partial charge in [0.2, 0.25) is 0 Å². The van der Waals surface area contributed by atoms with E-state index >= 15 is 0 Å². The van der Waals surface area contributed by atoms with Crippen LogP contribution in [-0.4, -0.2) is 81.9 Å². The number of aliphatic hydroxyl groups excluding tert-OH is 2. The van der Waals surface area contributed by atoms with Crippen molar-refractivity contribution in [3.63, 3.8) is 0 Å². The lowest BCUT2D eigenvalue weighted by atomic mass is 9.56. The van der Waals surface area contributed by atoms with Crippen LogP contribution in [-0.2, 0) is 19.1 Å². The first-order chi connectivity index (χ1) is 19.9. The monoisotopic (exact) mass is 578 g/mol. The van der Waals surface area contributed by atoms with Crippen molar-refractivity contribution in [3.8, 4) is 11.5 Å². The molecule has 0 amide bonds. The maximum absolute atomic E-state index is 14.5. The number of hydrogen-bond donors (Lipinski definition) is 4. The van der Waals surface area contributed by atoms with Crippen molar-refractivity contribution in [2.75, 3.05) is 14.2 Å². The van der Waals surface area contributed by atoms with Gasteiger partial charge in [-0.15, -0.1) is 0 Å². The summed E-state index contributed by atoms with van der Waals surface area (Å²) in [4.78, 5) is 81.4. The van der Waals surface area contributed by atoms with Crippen molar-refractivity contribution in [1.82, 2.24) is 0 Å². The lowest BCUT2D eigenvalue weighted by Crippen LogP contribution is -2.52. The van der Waals surface area contributed by atoms with Crippen LogP contribution in [0.15, 0.2) is 47.5 Å². The third kappa shape index (κ3) is 3.97. The number of carbonyl (C=O) groups excluding carboxylic acids is 6. The summed E-state index contributed by atoms with van der Waals surface area (Å²) in [6.45, 7) is 0. The van der Waals surface area contributed by atoms with Crippen LogP contribution in [0, 0.1) is 17.3 Å². The number of ketones is 4. The molecule has 2 aromatic carbocycles. The summed E-state index contributed by atoms with van der Waals surface area (Å²) >= 11 is 0. The quantitative estimate of drug-likeness (QED) is 0.344. The Morgan fingerprint density at radius 2 is 1.40 bits per heavy atom. The van der Waals surface area contributed by atoms with Gasteiger partial charge in [-0.1, -0.05) is 24.3 Å². The number of phenolic OH excluding ortho intramolecular Hbond substituents is 2. The lowest BCUT2D eigenvalue weighted by Gasteiger charge is -2.43. The Bertz CT molecular complexity index is 1620. The average molecular weight is 579 g/mol. The van der Waals surface area contributed by atoms with E-state index in [-0.39, 0.29) is 11.1 Å². The second kappa shape index (κ2) is 10.3. The molecular formula is C30H26O12. The number of ether oxygens (including phenoxy) is 2. The molecule has 0 fully saturated rings. The van der Waals surface area contributed by atoms with Crippen LogP contribution < -0.4 is 0 Å². The number of aliphatic hydroxyl groups is 2. The summed E-state index contributed by atoms with van der Waals surface area (Å²) in [5, 5.41) is 43.7. The zero-order valence-electron chi connectivity index (χ0n) is 22.4. The number of methoxy groups -OCH3 is 2. The van der Waals surface area contributed by atoms with Gasteiger partial charge in [-0.25, -0.2) is 0 Å². The molecule has 12 heteroatoms. The molecular weight excluding hydrogens is 552 g/mol. The minimum Gasteiger partial charge on any atom is -0.507 e. The van der Waals surface area contributed by atoms with Gasteiger partial charge in [0.15, 0.2) is 23.1 Å². The molecule has 0 aromatic heterocycles. The molecule has 2 aromatic rings. The first kappa shape index (κ1) is 28.8. The van der Waals surface area contributed by atoms with Crippen LogP contribution >= 0.6 is 0 Å². The van der Waals surface area contributed by atoms with Gasteiger partial charge in [-0.3, -0.25) is 28.8 Å². The standard InChI is InChI=1S/C30H26O12/c1-41-18(35)9-12(31)11-30-24(28(39)21-14(29(30)40)6-4-8-16(21)33)22(17(34)10-19(36)42-2)23-25(30)27(38)20-13(26(23)37)5-3-7-15(20)32/h3-8,12,17,22,24,31-34H,9-11H2,1-2H3. The summed E-state index contributed by atoms with van der Waals surface area (Å²) in [5.41, 5.74) is -4.71. The van der Waals surface area contributed by atoms with Crippen LogP contribution in [0.1, 0.15) is 60.7 Å². The number of carbonyl (C=O) groups is 6. The van der Waals surface area contributed by atoms with Gasteiger partial charge in [-0.05, 0) is 18.6 Å². The number of esters is 2. The molecule has 5 atom stereocenters. The minimum atomic E-state index is -2.34. The Hall–Kier alpha value is -4.68. The predicted octanol–water partition coefficient (Wildman–Crippen LogP) is 1.32. The largest absolute Gasteiger partial charge is 0.507 e. The highest BCUT2D eigenvalue weighted by Crippen LogP contribution is 2.63. The molecule has 0 saturated carbocycles. The van der Waals surface area contributed by atoms with E-state index in [9.17, 15) is 49.2 Å². The van der Waals surface area contributed by atoms with Crippen LogP contribution in [0.2, 0.25) is 0 Å². The SMILES string of the molecule is COC(=O)CC(O)CC12C(=O)c3cccc(O)c3C(=O)C1C(C(O)CC(=O)OC)C1=C2C(=O)c2c(O)cccc2C1=O. The Morgan fingerprint density at radius 3 is 2.02 bits per heavy atom. The van der Waals surface area contributed by atoms with Gasteiger partial charge in [0.25, 0.3) is 0 Å². The summed E-state index contributed by atoms with van der Waals surface area (Å²) in [6.07, 6.45) is -5.66. The smallest absolute Gasteiger partial charge is 0.308 e. The van der Waals surface area contributed by atoms with Crippen molar-refractivity contribution in [2.45, 2.75) is 31.5 Å². The second-order valence-corrected chi connectivity index (χ2v) is 10.5. The van der Waals surface area contributed by atoms with Gasteiger partial charge < -0.3 is 29.9 Å². The third-order valence-electron chi connectivity index (χ3n) is 8.35. The first-order valence-corrected chi connectivity index (χ1v) is 13.0. The highest BCUT2D eigenvalue weighted by molar-refractivity contribution is 6.34. The number of Topliss-reactive ketones (excluding diaryl/α,β-unsaturated/α-hetero) is 4. The Kier molecular flexibility index (Phi) is 7.07. The van der Waals surface area contributed by atoms with Gasteiger partial charge in [-0.2, -0.15) is 0 Å². The second-order valence-electron chi connectivity index (χ2n) is 10.5. The fourth-order valence-corrected chi connectivity index (χ4v) is 6.73. The topological polar surface area (TPSA) is 202 Å². The average Bonchev–Trinajstić information content (AvgIpc) is 3.26. The van der Waals surface area contributed by atoms with E-state index in [2.05, 4.69) is 9.47 Å². The van der Waals surface area contributed by atoms with Crippen LogP contribution in [0.3, 0.4) is 0 Å². The molecule has 12 nitrogen and oxygen atoms in total. The van der Waals surface area contributed by atoms with E-state index < -0.39 is 118 Å². The maximum Gasteiger partial charge on any atom is 0.308 e. The molecule has 0 bridgehead atoms. The van der Waals surface area contributed by atoms with Crippen LogP contribution in [0.25, 0.3) is 0 Å². The van der Waals surface area contributed by atoms with Gasteiger partial charge in [0.05, 0.1) is 55.8 Å². The lowest BCUT2D eigenvalue weighted by molar-refractivity contribution is -0.144. The summed E-state index contributed by atoms with van der Waals surface area (Å²) in [5.74, 6) is -10.1. The van der Waals surface area contributed by atoms with Gasteiger partial charge in [0, 0.05) is 34.1 Å². The van der Waals surface area contributed by atoms with E-state index in [1.165, 1.54) is 24.3 Å². The summed E-state index contributed by atoms with van der Waals surface area (Å²) in [6, 6.07) is 7.42. The molecule has 218 valence electrons. The van der Waals surface area contributed by atoms with Crippen molar-refractivity contribution < 1.29 is 58.7 Å². The minimum absolute atomic E-state index is 0.252. The highest BCUT2D eigenvalue weighted by atomic mass is 16.5. The molecule has 0 saturated heterocycles. The van der Waals surface area contributed by atoms with E-state index in [1.807, 2.05) is 0 Å². The first-order valence-electron chi connectivity index (χ1n) is 13.0. The molecule has 4 N–H and O–H groups in total. The normalized spacial score (nSPS) is 23.9. The van der Waals surface area contributed by atoms with Crippen molar-refractivity contribution in [3.05, 3.63) is 69.8 Å². The fourth-order valence-electron chi connectivity index (χ4n) is 6.73.